The van der Waals surface area contributed by atoms with E-state index in [1.54, 1.807) is 18.3 Å². The summed E-state index contributed by atoms with van der Waals surface area (Å²) < 4.78 is 1.38. The van der Waals surface area contributed by atoms with Gasteiger partial charge < -0.3 is 5.11 Å². The normalized spacial score (nSPS) is 23.1. The first-order chi connectivity index (χ1) is 14.4. The zero-order chi connectivity index (χ0) is 21.0. The fraction of sp³-hybridized carbons (Fsp3) is 0.400. The van der Waals surface area contributed by atoms with E-state index in [0.717, 1.165) is 17.7 Å². The molecule has 30 heavy (non-hydrogen) atoms. The summed E-state index contributed by atoms with van der Waals surface area (Å²) in [7, 11) is 0. The van der Waals surface area contributed by atoms with Crippen molar-refractivity contribution in [2.75, 3.05) is 0 Å². The zero-order valence-corrected chi connectivity index (χ0v) is 16.0. The number of carbonyl (C=O) groups excluding carboxylic acids is 4. The fourth-order valence-electron chi connectivity index (χ4n) is 4.50. The van der Waals surface area contributed by atoms with Crippen molar-refractivity contribution in [3.05, 3.63) is 41.2 Å². The first kappa shape index (κ1) is 18.6. The Hall–Kier alpha value is -3.40. The second-order valence-electron chi connectivity index (χ2n) is 7.93. The van der Waals surface area contributed by atoms with Crippen LogP contribution in [0.3, 0.4) is 0 Å². The van der Waals surface area contributed by atoms with Crippen LogP contribution in [0.15, 0.2) is 24.4 Å². The molecule has 1 saturated heterocycles. The van der Waals surface area contributed by atoms with E-state index >= 15 is 0 Å². The van der Waals surface area contributed by atoms with Crippen molar-refractivity contribution in [2.45, 2.75) is 50.2 Å². The molecule has 10 heteroatoms. The Morgan fingerprint density at radius 1 is 1.10 bits per heavy atom. The number of fused-ring (bicyclic) bond motifs is 1. The Kier molecular flexibility index (Phi) is 4.07. The molecular weight excluding hydrogens is 390 g/mol. The van der Waals surface area contributed by atoms with Gasteiger partial charge in [0, 0.05) is 6.42 Å². The molecule has 1 saturated carbocycles. The molecule has 0 bridgehead atoms. The van der Waals surface area contributed by atoms with Gasteiger partial charge in [-0.1, -0.05) is 24.1 Å². The van der Waals surface area contributed by atoms with E-state index < -0.39 is 35.3 Å². The minimum atomic E-state index is -1.03. The van der Waals surface area contributed by atoms with Crippen LogP contribution in [0.2, 0.25) is 0 Å². The lowest BCUT2D eigenvalue weighted by molar-refractivity contribution is -0.136. The van der Waals surface area contributed by atoms with Crippen LogP contribution in [0.25, 0.3) is 5.69 Å². The van der Waals surface area contributed by atoms with Crippen molar-refractivity contribution in [1.82, 2.24) is 25.2 Å². The number of aliphatic hydroxyl groups is 1. The second kappa shape index (κ2) is 6.56. The molecule has 2 fully saturated rings. The molecular formula is C20H19N5O5. The van der Waals surface area contributed by atoms with E-state index in [1.807, 2.05) is 0 Å². The highest BCUT2D eigenvalue weighted by molar-refractivity contribution is 6.24. The molecule has 0 spiro atoms. The standard InChI is InChI=1S/C20H19N5O5/c26-15-7-6-13(17(27)21-15)25-18(28)11-4-3-5-12(16(11)19(25)29)24-10-14(22-23-24)20(30)8-1-2-9-20/h3-5,10,13,30H,1-2,6-9H2,(H,21,26,27). The van der Waals surface area contributed by atoms with Gasteiger partial charge in [-0.3, -0.25) is 29.4 Å². The third-order valence-electron chi connectivity index (χ3n) is 6.09. The van der Waals surface area contributed by atoms with Crippen LogP contribution in [0.5, 0.6) is 0 Å². The van der Waals surface area contributed by atoms with Gasteiger partial charge in [-0.2, -0.15) is 0 Å². The molecule has 5 rings (SSSR count). The smallest absolute Gasteiger partial charge is 0.264 e. The van der Waals surface area contributed by atoms with Gasteiger partial charge in [0.05, 0.1) is 23.0 Å². The molecule has 2 aliphatic heterocycles. The molecule has 3 heterocycles. The number of aromatic nitrogens is 3. The number of carbonyl (C=O) groups is 4. The van der Waals surface area contributed by atoms with E-state index in [9.17, 15) is 24.3 Å². The lowest BCUT2D eigenvalue weighted by Crippen LogP contribution is -2.54. The summed E-state index contributed by atoms with van der Waals surface area (Å²) in [4.78, 5) is 50.7. The highest BCUT2D eigenvalue weighted by Gasteiger charge is 2.46. The lowest BCUT2D eigenvalue weighted by Gasteiger charge is -2.27. The molecule has 1 aromatic heterocycles. The average molecular weight is 409 g/mol. The summed E-state index contributed by atoms with van der Waals surface area (Å²) >= 11 is 0. The van der Waals surface area contributed by atoms with Gasteiger partial charge in [-0.15, -0.1) is 5.10 Å². The maximum Gasteiger partial charge on any atom is 0.264 e. The van der Waals surface area contributed by atoms with Gasteiger partial charge in [-0.05, 0) is 31.4 Å². The Morgan fingerprint density at radius 2 is 1.87 bits per heavy atom. The van der Waals surface area contributed by atoms with Gasteiger partial charge in [0.2, 0.25) is 11.8 Å². The minimum Gasteiger partial charge on any atom is -0.383 e. The summed E-state index contributed by atoms with van der Waals surface area (Å²) in [6.07, 6.45) is 4.72. The molecule has 1 unspecified atom stereocenters. The number of amides is 4. The van der Waals surface area contributed by atoms with Crippen LogP contribution in [-0.2, 0) is 15.2 Å². The molecule has 4 amide bonds. The molecule has 3 aliphatic rings. The SMILES string of the molecule is O=C1CCC(N2C(=O)c3cccc(-n4cc(C5(O)CCCC5)nn4)c3C2=O)C(=O)N1. The van der Waals surface area contributed by atoms with Crippen molar-refractivity contribution in [1.29, 1.82) is 0 Å². The van der Waals surface area contributed by atoms with Crippen molar-refractivity contribution >= 4 is 23.6 Å². The van der Waals surface area contributed by atoms with Crippen LogP contribution in [-0.4, -0.2) is 54.7 Å². The summed E-state index contributed by atoms with van der Waals surface area (Å²) in [6.45, 7) is 0. The fourth-order valence-corrected chi connectivity index (χ4v) is 4.50. The van der Waals surface area contributed by atoms with Gasteiger partial charge in [0.15, 0.2) is 0 Å². The molecule has 154 valence electrons. The van der Waals surface area contributed by atoms with E-state index in [-0.39, 0.29) is 24.0 Å². The first-order valence-corrected chi connectivity index (χ1v) is 9.89. The third kappa shape index (κ3) is 2.67. The van der Waals surface area contributed by atoms with Crippen LogP contribution in [0.1, 0.15) is 64.9 Å². The number of nitrogens with one attached hydrogen (secondary N) is 1. The highest BCUT2D eigenvalue weighted by atomic mass is 16.3. The van der Waals surface area contributed by atoms with Gasteiger partial charge in [0.25, 0.3) is 11.8 Å². The Morgan fingerprint density at radius 3 is 2.60 bits per heavy atom. The molecule has 0 radical (unpaired) electrons. The quantitative estimate of drug-likeness (QED) is 0.702. The summed E-state index contributed by atoms with van der Waals surface area (Å²) in [5.74, 6) is -2.28. The van der Waals surface area contributed by atoms with Crippen molar-refractivity contribution in [3.8, 4) is 5.69 Å². The van der Waals surface area contributed by atoms with Gasteiger partial charge in [0.1, 0.15) is 17.3 Å². The van der Waals surface area contributed by atoms with Crippen LogP contribution < -0.4 is 5.32 Å². The predicted molar refractivity (Wildman–Crippen MR) is 100 cm³/mol. The monoisotopic (exact) mass is 409 g/mol. The summed E-state index contributed by atoms with van der Waals surface area (Å²) in [6, 6.07) is 3.75. The topological polar surface area (TPSA) is 134 Å². The number of benzene rings is 1. The summed E-state index contributed by atoms with van der Waals surface area (Å²) in [5.41, 5.74) is 0.0349. The molecule has 2 N–H and O–H groups in total. The van der Waals surface area contributed by atoms with E-state index in [2.05, 4.69) is 15.6 Å². The van der Waals surface area contributed by atoms with Crippen molar-refractivity contribution in [2.24, 2.45) is 0 Å². The Labute approximate surface area is 170 Å². The number of hydrogen-bond donors (Lipinski definition) is 2. The lowest BCUT2D eigenvalue weighted by atomic mass is 9.99. The summed E-state index contributed by atoms with van der Waals surface area (Å²) in [5, 5.41) is 21.1. The second-order valence-corrected chi connectivity index (χ2v) is 7.93. The Bertz CT molecular complexity index is 1100. The maximum atomic E-state index is 13.2. The Balaban J connectivity index is 1.52. The van der Waals surface area contributed by atoms with E-state index in [0.29, 0.717) is 24.2 Å². The number of hydrogen-bond acceptors (Lipinski definition) is 7. The number of piperidine rings is 1. The highest BCUT2D eigenvalue weighted by Crippen LogP contribution is 2.38. The van der Waals surface area contributed by atoms with Crippen LogP contribution >= 0.6 is 0 Å². The third-order valence-corrected chi connectivity index (χ3v) is 6.09. The van der Waals surface area contributed by atoms with Gasteiger partial charge in [-0.25, -0.2) is 4.68 Å². The number of rotatable bonds is 3. The number of imide groups is 2. The molecule has 1 aromatic carbocycles. The number of nitrogens with zero attached hydrogens (tertiary/aromatic N) is 4. The van der Waals surface area contributed by atoms with E-state index in [4.69, 9.17) is 0 Å². The van der Waals surface area contributed by atoms with Crippen molar-refractivity contribution < 1.29 is 24.3 Å². The average Bonchev–Trinajstić information content (AvgIpc) is 3.43. The van der Waals surface area contributed by atoms with E-state index in [1.165, 1.54) is 10.7 Å². The van der Waals surface area contributed by atoms with Crippen LogP contribution in [0, 0.1) is 0 Å². The van der Waals surface area contributed by atoms with Crippen LogP contribution in [0.4, 0.5) is 0 Å². The molecule has 1 aliphatic carbocycles. The largest absolute Gasteiger partial charge is 0.383 e. The molecule has 10 nitrogen and oxygen atoms in total. The van der Waals surface area contributed by atoms with Gasteiger partial charge >= 0.3 is 0 Å². The molecule has 2 aromatic rings. The van der Waals surface area contributed by atoms with Crippen molar-refractivity contribution in [3.63, 3.8) is 0 Å². The predicted octanol–water partition coefficient (Wildman–Crippen LogP) is 0.430. The maximum absolute atomic E-state index is 13.2. The first-order valence-electron chi connectivity index (χ1n) is 9.89. The zero-order valence-electron chi connectivity index (χ0n) is 16.0. The minimum absolute atomic E-state index is 0.0572. The molecule has 1 atom stereocenters.